The van der Waals surface area contributed by atoms with Gasteiger partial charge in [0.1, 0.15) is 6.10 Å². The summed E-state index contributed by atoms with van der Waals surface area (Å²) < 4.78 is 5.36. The van der Waals surface area contributed by atoms with Crippen LogP contribution in [0.2, 0.25) is 0 Å². The zero-order valence-corrected chi connectivity index (χ0v) is 9.33. The molecule has 0 aliphatic heterocycles. The Morgan fingerprint density at radius 1 is 1.29 bits per heavy atom. The quantitative estimate of drug-likeness (QED) is 0.439. The molecule has 80 valence electrons. The molecule has 0 N–H and O–H groups in total. The van der Waals surface area contributed by atoms with E-state index in [2.05, 4.69) is 25.1 Å². The van der Waals surface area contributed by atoms with Gasteiger partial charge in [-0.25, -0.2) is 0 Å². The van der Waals surface area contributed by atoms with E-state index in [1.165, 1.54) is 0 Å². The fourth-order valence-corrected chi connectivity index (χ4v) is 1.12. The summed E-state index contributed by atoms with van der Waals surface area (Å²) in [7, 11) is 0. The van der Waals surface area contributed by atoms with Gasteiger partial charge in [0.25, 0.3) is 0 Å². The van der Waals surface area contributed by atoms with E-state index >= 15 is 0 Å². The van der Waals surface area contributed by atoms with Crippen LogP contribution in [0.3, 0.4) is 0 Å². The summed E-state index contributed by atoms with van der Waals surface area (Å²) in [6, 6.07) is 2.13. The van der Waals surface area contributed by atoms with Crippen molar-refractivity contribution in [3.63, 3.8) is 0 Å². The molecule has 2 heteroatoms. The van der Waals surface area contributed by atoms with Gasteiger partial charge in [-0.3, -0.25) is 0 Å². The minimum Gasteiger partial charge on any atom is -0.363 e. The van der Waals surface area contributed by atoms with Crippen LogP contribution in [0, 0.1) is 11.3 Å². The monoisotopic (exact) mass is 195 g/mol. The van der Waals surface area contributed by atoms with Gasteiger partial charge in [-0.15, -0.1) is 0 Å². The lowest BCUT2D eigenvalue weighted by Crippen LogP contribution is -2.09. The SMILES string of the molecule is CC/C=C\CCCCOC(C#N)CC. The van der Waals surface area contributed by atoms with Gasteiger partial charge in [0.15, 0.2) is 0 Å². The van der Waals surface area contributed by atoms with Crippen LogP contribution in [0.4, 0.5) is 0 Å². The fraction of sp³-hybridized carbons (Fsp3) is 0.750. The largest absolute Gasteiger partial charge is 0.363 e. The minimum absolute atomic E-state index is 0.207. The highest BCUT2D eigenvalue weighted by atomic mass is 16.5. The molecule has 14 heavy (non-hydrogen) atoms. The van der Waals surface area contributed by atoms with Crippen LogP contribution < -0.4 is 0 Å². The highest BCUT2D eigenvalue weighted by Crippen LogP contribution is 2.01. The first-order chi connectivity index (χ1) is 6.85. The van der Waals surface area contributed by atoms with Crippen LogP contribution in [0.1, 0.15) is 46.0 Å². The Kier molecular flexibility index (Phi) is 9.68. The van der Waals surface area contributed by atoms with Gasteiger partial charge in [-0.05, 0) is 32.1 Å². The number of rotatable bonds is 8. The topological polar surface area (TPSA) is 33.0 Å². The molecule has 0 aromatic heterocycles. The maximum Gasteiger partial charge on any atom is 0.143 e. The van der Waals surface area contributed by atoms with E-state index in [0.29, 0.717) is 6.61 Å². The van der Waals surface area contributed by atoms with Gasteiger partial charge in [0.05, 0.1) is 6.07 Å². The zero-order chi connectivity index (χ0) is 10.6. The maximum atomic E-state index is 8.61. The molecular formula is C12H21NO. The number of ether oxygens (including phenoxy) is 1. The molecule has 0 amide bonds. The molecule has 2 nitrogen and oxygen atoms in total. The van der Waals surface area contributed by atoms with Crippen LogP contribution >= 0.6 is 0 Å². The van der Waals surface area contributed by atoms with Crippen molar-refractivity contribution < 1.29 is 4.74 Å². The van der Waals surface area contributed by atoms with Gasteiger partial charge >= 0.3 is 0 Å². The number of nitrogens with zero attached hydrogens (tertiary/aromatic N) is 1. The van der Waals surface area contributed by atoms with Crippen LogP contribution in [-0.2, 0) is 4.74 Å². The van der Waals surface area contributed by atoms with Crippen LogP contribution in [0.5, 0.6) is 0 Å². The molecule has 0 aliphatic carbocycles. The Morgan fingerprint density at radius 2 is 2.07 bits per heavy atom. The van der Waals surface area contributed by atoms with Crippen molar-refractivity contribution in [2.75, 3.05) is 6.61 Å². The average molecular weight is 195 g/mol. The second kappa shape index (κ2) is 10.3. The molecule has 0 bridgehead atoms. The van der Waals surface area contributed by atoms with Crippen molar-refractivity contribution in [2.24, 2.45) is 0 Å². The van der Waals surface area contributed by atoms with Gasteiger partial charge in [-0.2, -0.15) is 5.26 Å². The Morgan fingerprint density at radius 3 is 2.64 bits per heavy atom. The molecule has 0 aliphatic rings. The summed E-state index contributed by atoms with van der Waals surface area (Å²) in [6.07, 6.45) is 9.41. The Labute approximate surface area is 87.6 Å². The van der Waals surface area contributed by atoms with Crippen molar-refractivity contribution in [3.8, 4) is 6.07 Å². The third-order valence-corrected chi connectivity index (χ3v) is 2.00. The lowest BCUT2D eigenvalue weighted by molar-refractivity contribution is 0.0848. The van der Waals surface area contributed by atoms with Crippen LogP contribution in [0.15, 0.2) is 12.2 Å². The summed E-state index contributed by atoms with van der Waals surface area (Å²) in [5, 5.41) is 8.61. The number of unbranched alkanes of at least 4 members (excludes halogenated alkanes) is 2. The smallest absolute Gasteiger partial charge is 0.143 e. The molecule has 0 aromatic carbocycles. The van der Waals surface area contributed by atoms with Crippen molar-refractivity contribution in [1.29, 1.82) is 5.26 Å². The van der Waals surface area contributed by atoms with E-state index in [1.54, 1.807) is 0 Å². The Hall–Kier alpha value is -0.810. The third-order valence-electron chi connectivity index (χ3n) is 2.00. The first-order valence-corrected chi connectivity index (χ1v) is 5.51. The van der Waals surface area contributed by atoms with Crippen molar-refractivity contribution in [1.82, 2.24) is 0 Å². The van der Waals surface area contributed by atoms with E-state index in [4.69, 9.17) is 10.00 Å². The molecule has 0 spiro atoms. The molecule has 0 radical (unpaired) electrons. The molecule has 1 unspecified atom stereocenters. The standard InChI is InChI=1S/C12H21NO/c1-3-5-6-7-8-9-10-14-12(4-2)11-13/h5-6,12H,3-4,7-10H2,1-2H3/b6-5-. The van der Waals surface area contributed by atoms with E-state index in [9.17, 15) is 0 Å². The number of allylic oxidation sites excluding steroid dienone is 2. The Bertz CT molecular complexity index is 181. The van der Waals surface area contributed by atoms with Crippen molar-refractivity contribution in [3.05, 3.63) is 12.2 Å². The summed E-state index contributed by atoms with van der Waals surface area (Å²) >= 11 is 0. The summed E-state index contributed by atoms with van der Waals surface area (Å²) in [5.74, 6) is 0. The lowest BCUT2D eigenvalue weighted by atomic mass is 10.2. The average Bonchev–Trinajstić information content (AvgIpc) is 2.22. The third kappa shape index (κ3) is 7.82. The molecule has 0 saturated carbocycles. The van der Waals surface area contributed by atoms with Crippen molar-refractivity contribution in [2.45, 2.75) is 52.1 Å². The second-order valence-corrected chi connectivity index (χ2v) is 3.27. The van der Waals surface area contributed by atoms with E-state index in [-0.39, 0.29) is 6.10 Å². The molecule has 1 atom stereocenters. The molecule has 0 heterocycles. The normalized spacial score (nSPS) is 12.9. The highest BCUT2D eigenvalue weighted by molar-refractivity contribution is 4.82. The fourth-order valence-electron chi connectivity index (χ4n) is 1.12. The lowest BCUT2D eigenvalue weighted by Gasteiger charge is -2.06. The Balaban J connectivity index is 3.21. The number of hydrogen-bond acceptors (Lipinski definition) is 2. The molecule has 0 aromatic rings. The first-order valence-electron chi connectivity index (χ1n) is 5.51. The number of hydrogen-bond donors (Lipinski definition) is 0. The second-order valence-electron chi connectivity index (χ2n) is 3.27. The molecule has 0 saturated heterocycles. The maximum absolute atomic E-state index is 8.61. The number of nitriles is 1. The molecule has 0 fully saturated rings. The predicted octanol–water partition coefficient (Wildman–Crippen LogP) is 3.44. The predicted molar refractivity (Wildman–Crippen MR) is 58.9 cm³/mol. The van der Waals surface area contributed by atoms with E-state index in [0.717, 1.165) is 32.1 Å². The first kappa shape index (κ1) is 13.2. The van der Waals surface area contributed by atoms with Gasteiger partial charge < -0.3 is 4.74 Å². The van der Waals surface area contributed by atoms with Crippen molar-refractivity contribution >= 4 is 0 Å². The van der Waals surface area contributed by atoms with E-state index < -0.39 is 0 Å². The molecular weight excluding hydrogens is 174 g/mol. The highest BCUT2D eigenvalue weighted by Gasteiger charge is 2.01. The zero-order valence-electron chi connectivity index (χ0n) is 9.33. The minimum atomic E-state index is -0.207. The summed E-state index contributed by atoms with van der Waals surface area (Å²) in [5.41, 5.74) is 0. The van der Waals surface area contributed by atoms with E-state index in [1.807, 2.05) is 6.92 Å². The summed E-state index contributed by atoms with van der Waals surface area (Å²) in [6.45, 7) is 4.82. The van der Waals surface area contributed by atoms with Crippen LogP contribution in [0.25, 0.3) is 0 Å². The van der Waals surface area contributed by atoms with Gasteiger partial charge in [-0.1, -0.05) is 26.0 Å². The van der Waals surface area contributed by atoms with Crippen LogP contribution in [-0.4, -0.2) is 12.7 Å². The van der Waals surface area contributed by atoms with Gasteiger partial charge in [0.2, 0.25) is 0 Å². The molecule has 0 rings (SSSR count). The van der Waals surface area contributed by atoms with Gasteiger partial charge in [0, 0.05) is 6.61 Å². The summed E-state index contributed by atoms with van der Waals surface area (Å²) in [4.78, 5) is 0.